The first-order chi connectivity index (χ1) is 23.4. The van der Waals surface area contributed by atoms with Gasteiger partial charge in [-0.15, -0.1) is 0 Å². The van der Waals surface area contributed by atoms with Crippen molar-refractivity contribution >= 4 is 17.8 Å². The highest BCUT2D eigenvalue weighted by molar-refractivity contribution is 5.83. The van der Waals surface area contributed by atoms with E-state index in [1.165, 1.54) is 83.5 Å². The normalized spacial score (nSPS) is 13.2. The van der Waals surface area contributed by atoms with Crippen LogP contribution in [0.2, 0.25) is 0 Å². The minimum atomic E-state index is -1.02. The van der Waals surface area contributed by atoms with Gasteiger partial charge in [0.25, 0.3) is 0 Å². The zero-order chi connectivity index (χ0) is 35.3. The zero-order valence-corrected chi connectivity index (χ0v) is 30.8. The average molecular weight is 673 g/mol. The fourth-order valence-corrected chi connectivity index (χ4v) is 5.40. The van der Waals surface area contributed by atoms with Crippen LogP contribution in [0.4, 0.5) is 0 Å². The Hall–Kier alpha value is -2.67. The van der Waals surface area contributed by atoms with Gasteiger partial charge < -0.3 is 20.9 Å². The monoisotopic (exact) mass is 673 g/mol. The minimum Gasteiger partial charge on any atom is -0.480 e. The van der Waals surface area contributed by atoms with Crippen molar-refractivity contribution in [3.8, 4) is 0 Å². The van der Waals surface area contributed by atoms with Gasteiger partial charge in [-0.25, -0.2) is 4.79 Å². The second-order valence-electron chi connectivity index (χ2n) is 13.0. The molecule has 2 atom stereocenters. The number of allylic oxidation sites excluding steroid dienone is 6. The van der Waals surface area contributed by atoms with E-state index in [4.69, 9.17) is 10.5 Å². The number of amides is 1. The van der Waals surface area contributed by atoms with Crippen molar-refractivity contribution in [2.24, 2.45) is 5.73 Å². The molecule has 0 fully saturated rings. The van der Waals surface area contributed by atoms with Crippen LogP contribution in [0.25, 0.3) is 0 Å². The summed E-state index contributed by atoms with van der Waals surface area (Å²) in [6.07, 6.45) is 42.1. The Morgan fingerprint density at radius 3 is 1.79 bits per heavy atom. The highest BCUT2D eigenvalue weighted by Gasteiger charge is 2.18. The first-order valence-electron chi connectivity index (χ1n) is 19.5. The highest BCUT2D eigenvalue weighted by atomic mass is 16.5. The summed E-state index contributed by atoms with van der Waals surface area (Å²) in [6, 6.07) is -0.874. The van der Waals surface area contributed by atoms with Gasteiger partial charge >= 0.3 is 11.9 Å². The lowest BCUT2D eigenvalue weighted by molar-refractivity contribution is -0.145. The fraction of sp³-hybridized carbons (Fsp3) is 0.732. The van der Waals surface area contributed by atoms with Crippen LogP contribution >= 0.6 is 0 Å². The quantitative estimate of drug-likeness (QED) is 0.0356. The molecule has 0 rings (SSSR count). The van der Waals surface area contributed by atoms with Crippen molar-refractivity contribution in [2.75, 3.05) is 6.54 Å². The predicted molar refractivity (Wildman–Crippen MR) is 202 cm³/mol. The van der Waals surface area contributed by atoms with E-state index in [1.807, 2.05) is 24.3 Å². The van der Waals surface area contributed by atoms with Gasteiger partial charge in [-0.2, -0.15) is 0 Å². The molecule has 0 heterocycles. The van der Waals surface area contributed by atoms with Crippen LogP contribution in [0.3, 0.4) is 0 Å². The summed E-state index contributed by atoms with van der Waals surface area (Å²) in [5.41, 5.74) is 5.45. The van der Waals surface area contributed by atoms with Crippen LogP contribution in [-0.4, -0.2) is 41.6 Å². The van der Waals surface area contributed by atoms with E-state index in [0.717, 1.165) is 44.9 Å². The smallest absolute Gasteiger partial charge is 0.326 e. The van der Waals surface area contributed by atoms with E-state index < -0.39 is 12.0 Å². The van der Waals surface area contributed by atoms with Crippen LogP contribution in [0.5, 0.6) is 0 Å². The van der Waals surface area contributed by atoms with Gasteiger partial charge in [-0.3, -0.25) is 9.59 Å². The fourth-order valence-electron chi connectivity index (χ4n) is 5.40. The standard InChI is InChI=1S/C41H72N2O5/c1-3-5-7-9-10-11-12-13-14-15-16-17-18-19-20-25-29-35-40(45)48-37(31-26-22-8-6-4-2)32-27-23-21-24-28-34-39(44)43-38(41(46)47)33-30-36-42/h6,8,13-14,26-27,31-32,37-38H,3-5,7,9-12,15-25,28-30,33-36,42H2,1-2H3,(H,43,44)(H,46,47)/b8-6-,14-13-,31-26-,32-27-. The van der Waals surface area contributed by atoms with Crippen molar-refractivity contribution in [1.82, 2.24) is 5.32 Å². The third kappa shape index (κ3) is 31.9. The van der Waals surface area contributed by atoms with Crippen LogP contribution in [0, 0.1) is 0 Å². The molecule has 1 amide bonds. The molecule has 276 valence electrons. The molecular formula is C41H72N2O5. The first kappa shape index (κ1) is 45.3. The number of carbonyl (C=O) groups excluding carboxylic acids is 2. The molecule has 0 aromatic carbocycles. The summed E-state index contributed by atoms with van der Waals surface area (Å²) in [4.78, 5) is 36.0. The molecular weight excluding hydrogens is 600 g/mol. The van der Waals surface area contributed by atoms with Crippen molar-refractivity contribution in [3.63, 3.8) is 0 Å². The Balaban J connectivity index is 4.18. The van der Waals surface area contributed by atoms with Gasteiger partial charge in [-0.1, -0.05) is 121 Å². The van der Waals surface area contributed by atoms with E-state index in [0.29, 0.717) is 38.6 Å². The Morgan fingerprint density at radius 1 is 0.646 bits per heavy atom. The number of rotatable bonds is 34. The number of nitrogens with two attached hydrogens (primary N) is 1. The maximum absolute atomic E-state index is 12.6. The lowest BCUT2D eigenvalue weighted by atomic mass is 10.1. The van der Waals surface area contributed by atoms with Crippen LogP contribution in [-0.2, 0) is 19.1 Å². The number of esters is 1. The number of carboxylic acids is 1. The molecule has 0 aliphatic carbocycles. The molecule has 0 radical (unpaired) electrons. The molecule has 0 aliphatic heterocycles. The zero-order valence-electron chi connectivity index (χ0n) is 30.8. The largest absolute Gasteiger partial charge is 0.480 e. The van der Waals surface area contributed by atoms with E-state index in [2.05, 4.69) is 43.5 Å². The molecule has 7 heteroatoms. The van der Waals surface area contributed by atoms with E-state index in [9.17, 15) is 19.5 Å². The van der Waals surface area contributed by atoms with Gasteiger partial charge in [0.05, 0.1) is 0 Å². The van der Waals surface area contributed by atoms with E-state index in [-0.39, 0.29) is 18.0 Å². The number of hydrogen-bond acceptors (Lipinski definition) is 5. The van der Waals surface area contributed by atoms with Crippen LogP contribution < -0.4 is 11.1 Å². The van der Waals surface area contributed by atoms with Crippen molar-refractivity contribution in [1.29, 1.82) is 0 Å². The van der Waals surface area contributed by atoms with Gasteiger partial charge in [0.15, 0.2) is 0 Å². The Bertz CT molecular complexity index is 895. The molecule has 0 bridgehead atoms. The molecule has 0 saturated carbocycles. The van der Waals surface area contributed by atoms with Gasteiger partial charge in [0.2, 0.25) is 5.91 Å². The summed E-state index contributed by atoms with van der Waals surface area (Å²) in [7, 11) is 0. The number of unbranched alkanes of at least 4 members (excludes halogenated alkanes) is 16. The second kappa shape index (κ2) is 35.6. The molecule has 2 unspecified atom stereocenters. The summed E-state index contributed by atoms with van der Waals surface area (Å²) < 4.78 is 5.78. The number of carbonyl (C=O) groups is 3. The van der Waals surface area contributed by atoms with Gasteiger partial charge in [0, 0.05) is 12.8 Å². The summed E-state index contributed by atoms with van der Waals surface area (Å²) in [5.74, 6) is -1.41. The lowest BCUT2D eigenvalue weighted by Gasteiger charge is -2.13. The summed E-state index contributed by atoms with van der Waals surface area (Å²) >= 11 is 0. The van der Waals surface area contributed by atoms with Crippen LogP contribution in [0.15, 0.2) is 48.6 Å². The molecule has 0 aromatic heterocycles. The summed E-state index contributed by atoms with van der Waals surface area (Å²) in [5, 5.41) is 11.8. The van der Waals surface area contributed by atoms with E-state index in [1.54, 1.807) is 0 Å². The number of aliphatic carboxylic acids is 1. The van der Waals surface area contributed by atoms with E-state index >= 15 is 0 Å². The summed E-state index contributed by atoms with van der Waals surface area (Å²) in [6.45, 7) is 4.77. The Morgan fingerprint density at radius 2 is 1.19 bits per heavy atom. The maximum Gasteiger partial charge on any atom is 0.326 e. The molecule has 0 saturated heterocycles. The third-order valence-corrected chi connectivity index (χ3v) is 8.34. The number of hydrogen-bond donors (Lipinski definition) is 3. The number of ether oxygens (including phenoxy) is 1. The number of nitrogens with one attached hydrogen (secondary N) is 1. The van der Waals surface area contributed by atoms with Crippen molar-refractivity contribution < 1.29 is 24.2 Å². The average Bonchev–Trinajstić information content (AvgIpc) is 3.07. The molecule has 0 aromatic rings. The molecule has 7 nitrogen and oxygen atoms in total. The Labute approximate surface area is 294 Å². The maximum atomic E-state index is 12.6. The molecule has 0 aliphatic rings. The number of carboxylic acid groups (broad SMARTS) is 1. The Kier molecular flexibility index (Phi) is 33.7. The highest BCUT2D eigenvalue weighted by Crippen LogP contribution is 2.13. The van der Waals surface area contributed by atoms with Gasteiger partial charge in [-0.05, 0) is 95.7 Å². The molecule has 48 heavy (non-hydrogen) atoms. The van der Waals surface area contributed by atoms with Crippen LogP contribution in [0.1, 0.15) is 174 Å². The van der Waals surface area contributed by atoms with Crippen molar-refractivity contribution in [2.45, 2.75) is 187 Å². The second-order valence-corrected chi connectivity index (χ2v) is 13.0. The molecule has 0 spiro atoms. The van der Waals surface area contributed by atoms with Crippen molar-refractivity contribution in [3.05, 3.63) is 48.6 Å². The predicted octanol–water partition coefficient (Wildman–Crippen LogP) is 10.4. The topological polar surface area (TPSA) is 119 Å². The third-order valence-electron chi connectivity index (χ3n) is 8.34. The SMILES string of the molecule is CC/C=C\C/C=C\C(/C=C\CCCCCC(=O)NC(CCCN)C(=O)O)OC(=O)CCCCCCCCC/C=C\CCCCCCCC. The first-order valence-corrected chi connectivity index (χ1v) is 19.5. The minimum absolute atomic E-state index is 0.150. The molecule has 4 N–H and O–H groups in total. The van der Waals surface area contributed by atoms with Gasteiger partial charge in [0.1, 0.15) is 12.1 Å². The lowest BCUT2D eigenvalue weighted by Crippen LogP contribution is -2.40.